The normalized spacial score (nSPS) is 10.1. The van der Waals surface area contributed by atoms with Gasteiger partial charge in [-0.25, -0.2) is 4.79 Å². The number of amides is 2. The van der Waals surface area contributed by atoms with Gasteiger partial charge in [-0.15, -0.1) is 0 Å². The van der Waals surface area contributed by atoms with Crippen LogP contribution < -0.4 is 16.4 Å². The van der Waals surface area contributed by atoms with E-state index >= 15 is 0 Å². The summed E-state index contributed by atoms with van der Waals surface area (Å²) in [4.78, 5) is 11.8. The highest BCUT2D eigenvalue weighted by molar-refractivity contribution is 6.33. The third-order valence-electron chi connectivity index (χ3n) is 3.05. The summed E-state index contributed by atoms with van der Waals surface area (Å²) in [5.74, 6) is 0. The fourth-order valence-corrected chi connectivity index (χ4v) is 1.98. The summed E-state index contributed by atoms with van der Waals surface area (Å²) in [6.45, 7) is 2.34. The van der Waals surface area contributed by atoms with Crippen molar-refractivity contribution >= 4 is 29.0 Å². The molecule has 0 aliphatic heterocycles. The predicted molar refractivity (Wildman–Crippen MR) is 82.9 cm³/mol. The van der Waals surface area contributed by atoms with Gasteiger partial charge in [-0.3, -0.25) is 0 Å². The fourth-order valence-electron chi connectivity index (χ4n) is 1.80. The van der Waals surface area contributed by atoms with Gasteiger partial charge in [0.05, 0.1) is 10.7 Å². The Morgan fingerprint density at radius 1 is 1.20 bits per heavy atom. The molecule has 2 aromatic carbocycles. The summed E-state index contributed by atoms with van der Waals surface area (Å²) in [5, 5.41) is 5.98. The lowest BCUT2D eigenvalue weighted by Crippen LogP contribution is -2.28. The highest BCUT2D eigenvalue weighted by Crippen LogP contribution is 2.20. The zero-order valence-corrected chi connectivity index (χ0v) is 11.9. The second kappa shape index (κ2) is 6.30. The molecule has 104 valence electrons. The zero-order valence-electron chi connectivity index (χ0n) is 11.1. The van der Waals surface area contributed by atoms with Crippen LogP contribution in [-0.2, 0) is 6.54 Å². The van der Waals surface area contributed by atoms with E-state index in [1.807, 2.05) is 37.3 Å². The van der Waals surface area contributed by atoms with E-state index in [1.165, 1.54) is 0 Å². The summed E-state index contributed by atoms with van der Waals surface area (Å²) in [7, 11) is 0. The second-order valence-corrected chi connectivity index (χ2v) is 4.83. The lowest BCUT2D eigenvalue weighted by atomic mass is 10.1. The number of hydrogen-bond donors (Lipinski definition) is 3. The van der Waals surface area contributed by atoms with Crippen LogP contribution in [0, 0.1) is 6.92 Å². The topological polar surface area (TPSA) is 67.1 Å². The minimum Gasteiger partial charge on any atom is -0.399 e. The lowest BCUT2D eigenvalue weighted by Gasteiger charge is -2.11. The summed E-state index contributed by atoms with van der Waals surface area (Å²) < 4.78 is 0. The number of halogens is 1. The molecule has 0 saturated carbocycles. The number of anilines is 2. The van der Waals surface area contributed by atoms with Crippen LogP contribution in [0.4, 0.5) is 16.2 Å². The average molecular weight is 290 g/mol. The maximum Gasteiger partial charge on any atom is 0.319 e. The molecule has 2 amide bonds. The molecule has 0 radical (unpaired) electrons. The van der Waals surface area contributed by atoms with Crippen LogP contribution in [0.5, 0.6) is 0 Å². The summed E-state index contributed by atoms with van der Waals surface area (Å²) in [5.41, 5.74) is 9.09. The van der Waals surface area contributed by atoms with E-state index in [1.54, 1.807) is 12.1 Å². The Labute approximate surface area is 122 Å². The molecule has 0 heterocycles. The molecule has 0 bridgehead atoms. The van der Waals surface area contributed by atoms with E-state index in [0.717, 1.165) is 16.8 Å². The van der Waals surface area contributed by atoms with Crippen LogP contribution in [0.3, 0.4) is 0 Å². The molecule has 0 aliphatic rings. The Balaban J connectivity index is 1.96. The molecular weight excluding hydrogens is 274 g/mol. The lowest BCUT2D eigenvalue weighted by molar-refractivity contribution is 0.251. The highest BCUT2D eigenvalue weighted by Gasteiger charge is 2.06. The van der Waals surface area contributed by atoms with Gasteiger partial charge < -0.3 is 16.4 Å². The van der Waals surface area contributed by atoms with E-state index in [0.29, 0.717) is 17.3 Å². The van der Waals surface area contributed by atoms with E-state index in [-0.39, 0.29) is 6.03 Å². The Kier molecular flexibility index (Phi) is 4.48. The third kappa shape index (κ3) is 3.42. The summed E-state index contributed by atoms with van der Waals surface area (Å²) in [6.07, 6.45) is 0. The van der Waals surface area contributed by atoms with Gasteiger partial charge in [-0.1, -0.05) is 35.9 Å². The number of rotatable bonds is 3. The smallest absolute Gasteiger partial charge is 0.319 e. The number of hydrogen-bond acceptors (Lipinski definition) is 2. The number of carbonyl (C=O) groups excluding carboxylic acids is 1. The van der Waals surface area contributed by atoms with Crippen molar-refractivity contribution in [1.82, 2.24) is 5.32 Å². The van der Waals surface area contributed by atoms with E-state index in [2.05, 4.69) is 10.6 Å². The average Bonchev–Trinajstić information content (AvgIpc) is 2.43. The van der Waals surface area contributed by atoms with Gasteiger partial charge in [0.1, 0.15) is 0 Å². The molecule has 4 nitrogen and oxygen atoms in total. The number of urea groups is 1. The molecule has 2 aromatic rings. The van der Waals surface area contributed by atoms with Gasteiger partial charge in [-0.05, 0) is 36.2 Å². The molecule has 0 spiro atoms. The first kappa shape index (κ1) is 14.2. The molecule has 0 atom stereocenters. The minimum absolute atomic E-state index is 0.306. The van der Waals surface area contributed by atoms with Crippen molar-refractivity contribution in [2.45, 2.75) is 13.5 Å². The number of nitrogens with one attached hydrogen (secondary N) is 2. The first-order chi connectivity index (χ1) is 9.58. The number of nitrogen functional groups attached to an aromatic ring is 1. The van der Waals surface area contributed by atoms with E-state index < -0.39 is 0 Å². The predicted octanol–water partition coefficient (Wildman–Crippen LogP) is 3.55. The molecule has 2 rings (SSSR count). The van der Waals surface area contributed by atoms with Crippen molar-refractivity contribution in [3.05, 3.63) is 58.6 Å². The van der Waals surface area contributed by atoms with Crippen LogP contribution in [0.2, 0.25) is 5.02 Å². The Morgan fingerprint density at radius 3 is 2.70 bits per heavy atom. The Morgan fingerprint density at radius 2 is 1.95 bits per heavy atom. The van der Waals surface area contributed by atoms with Crippen LogP contribution in [0.25, 0.3) is 0 Å². The van der Waals surface area contributed by atoms with Crippen molar-refractivity contribution in [1.29, 1.82) is 0 Å². The van der Waals surface area contributed by atoms with Crippen molar-refractivity contribution < 1.29 is 4.79 Å². The quantitative estimate of drug-likeness (QED) is 0.756. The largest absolute Gasteiger partial charge is 0.399 e. The van der Waals surface area contributed by atoms with Crippen molar-refractivity contribution in [3.8, 4) is 0 Å². The molecule has 5 heteroatoms. The van der Waals surface area contributed by atoms with Crippen LogP contribution in [-0.4, -0.2) is 6.03 Å². The highest BCUT2D eigenvalue weighted by atomic mass is 35.5. The summed E-state index contributed by atoms with van der Waals surface area (Å²) in [6, 6.07) is 12.4. The molecule has 20 heavy (non-hydrogen) atoms. The van der Waals surface area contributed by atoms with Crippen molar-refractivity contribution in [3.63, 3.8) is 0 Å². The Hall–Kier alpha value is -2.20. The number of nitrogens with two attached hydrogens (primary N) is 1. The van der Waals surface area contributed by atoms with E-state index in [4.69, 9.17) is 17.3 Å². The molecule has 4 N–H and O–H groups in total. The molecule has 0 unspecified atom stereocenters. The third-order valence-corrected chi connectivity index (χ3v) is 3.38. The van der Waals surface area contributed by atoms with Crippen molar-refractivity contribution in [2.24, 2.45) is 0 Å². The van der Waals surface area contributed by atoms with Crippen molar-refractivity contribution in [2.75, 3.05) is 11.1 Å². The first-order valence-electron chi connectivity index (χ1n) is 6.21. The first-order valence-corrected chi connectivity index (χ1v) is 6.59. The zero-order chi connectivity index (χ0) is 14.5. The molecule has 0 fully saturated rings. The van der Waals surface area contributed by atoms with Crippen LogP contribution in [0.1, 0.15) is 11.1 Å². The minimum atomic E-state index is -0.306. The standard InChI is InChI=1S/C15H16ClN3O/c1-10-11(5-4-7-13(10)17)9-18-15(20)19-14-8-3-2-6-12(14)16/h2-8H,9,17H2,1H3,(H2,18,19,20). The number of para-hydroxylation sites is 1. The van der Waals surface area contributed by atoms with E-state index in [9.17, 15) is 4.79 Å². The Bertz CT molecular complexity index is 628. The SMILES string of the molecule is Cc1c(N)cccc1CNC(=O)Nc1ccccc1Cl. The number of carbonyl (C=O) groups is 1. The molecule has 0 aliphatic carbocycles. The van der Waals surface area contributed by atoms with Crippen LogP contribution in [0.15, 0.2) is 42.5 Å². The van der Waals surface area contributed by atoms with Gasteiger partial charge in [-0.2, -0.15) is 0 Å². The fraction of sp³-hybridized carbons (Fsp3) is 0.133. The van der Waals surface area contributed by atoms with Gasteiger partial charge in [0, 0.05) is 12.2 Å². The molecule has 0 aromatic heterocycles. The van der Waals surface area contributed by atoms with Gasteiger partial charge in [0.15, 0.2) is 0 Å². The maximum absolute atomic E-state index is 11.8. The maximum atomic E-state index is 11.8. The monoisotopic (exact) mass is 289 g/mol. The molecule has 0 saturated heterocycles. The number of benzene rings is 2. The van der Waals surface area contributed by atoms with Crippen LogP contribution >= 0.6 is 11.6 Å². The van der Waals surface area contributed by atoms with Gasteiger partial charge in [0.2, 0.25) is 0 Å². The second-order valence-electron chi connectivity index (χ2n) is 4.42. The van der Waals surface area contributed by atoms with Gasteiger partial charge in [0.25, 0.3) is 0 Å². The summed E-state index contributed by atoms with van der Waals surface area (Å²) >= 11 is 5.97. The van der Waals surface area contributed by atoms with Gasteiger partial charge >= 0.3 is 6.03 Å². The molecular formula is C15H16ClN3O.